The van der Waals surface area contributed by atoms with E-state index >= 15 is 0 Å². The number of rotatable bonds is 4. The van der Waals surface area contributed by atoms with E-state index in [9.17, 15) is 23.3 Å². The highest BCUT2D eigenvalue weighted by atomic mass is 19.4. The number of nitrogens with zero attached hydrogens (tertiary/aromatic N) is 3. The largest absolute Gasteiger partial charge is 0.405 e. The zero-order valence-corrected chi connectivity index (χ0v) is 9.21. The van der Waals surface area contributed by atoms with Crippen LogP contribution in [0.3, 0.4) is 0 Å². The molecule has 0 aliphatic heterocycles. The van der Waals surface area contributed by atoms with Crippen molar-refractivity contribution in [2.75, 3.05) is 11.9 Å². The van der Waals surface area contributed by atoms with Crippen LogP contribution in [0.1, 0.15) is 12.6 Å². The molecule has 0 atom stereocenters. The van der Waals surface area contributed by atoms with E-state index in [1.807, 2.05) is 5.32 Å². The Balaban J connectivity index is 3.05. The van der Waals surface area contributed by atoms with Crippen LogP contribution >= 0.6 is 0 Å². The first-order valence-corrected chi connectivity index (χ1v) is 4.77. The van der Waals surface area contributed by atoms with E-state index in [4.69, 9.17) is 0 Å². The van der Waals surface area contributed by atoms with Gasteiger partial charge in [0.1, 0.15) is 12.2 Å². The van der Waals surface area contributed by atoms with Crippen molar-refractivity contribution in [2.45, 2.75) is 19.5 Å². The fourth-order valence-corrected chi connectivity index (χ4v) is 1.38. The normalized spacial score (nSPS) is 11.6. The molecule has 17 heavy (non-hydrogen) atoms. The smallest absolute Gasteiger partial charge is 0.356 e. The number of alkyl halides is 3. The number of aryl methyl sites for hydroxylation is 2. The van der Waals surface area contributed by atoms with Gasteiger partial charge in [-0.1, -0.05) is 6.92 Å². The summed E-state index contributed by atoms with van der Waals surface area (Å²) in [7, 11) is 1.35. The van der Waals surface area contributed by atoms with Gasteiger partial charge >= 0.3 is 11.9 Å². The minimum Gasteiger partial charge on any atom is -0.356 e. The molecule has 6 nitrogen and oxygen atoms in total. The second-order valence-corrected chi connectivity index (χ2v) is 3.35. The summed E-state index contributed by atoms with van der Waals surface area (Å²) in [5, 5.41) is 16.6. The molecule has 1 aromatic heterocycles. The molecule has 1 N–H and O–H groups in total. The van der Waals surface area contributed by atoms with E-state index in [1.165, 1.54) is 7.05 Å². The Bertz CT molecular complexity index is 427. The lowest BCUT2D eigenvalue weighted by molar-refractivity contribution is -0.384. The molecule has 0 bridgehead atoms. The Hall–Kier alpha value is -1.80. The van der Waals surface area contributed by atoms with Crippen molar-refractivity contribution in [3.63, 3.8) is 0 Å². The summed E-state index contributed by atoms with van der Waals surface area (Å²) < 4.78 is 37.1. The van der Waals surface area contributed by atoms with Gasteiger partial charge in [0, 0.05) is 7.05 Å². The van der Waals surface area contributed by atoms with Gasteiger partial charge < -0.3 is 5.32 Å². The van der Waals surface area contributed by atoms with Gasteiger partial charge in [0.05, 0.1) is 4.92 Å². The molecule has 0 spiro atoms. The molecule has 0 fully saturated rings. The molecular formula is C8H11F3N4O2. The maximum absolute atomic E-state index is 12.0. The number of anilines is 1. The second-order valence-electron chi connectivity index (χ2n) is 3.35. The lowest BCUT2D eigenvalue weighted by atomic mass is 10.3. The zero-order valence-electron chi connectivity index (χ0n) is 9.21. The third-order valence-electron chi connectivity index (χ3n) is 2.07. The SMILES string of the molecule is CCc1nn(C)c(NCC(F)(F)F)c1[N+](=O)[O-]. The van der Waals surface area contributed by atoms with Crippen molar-refractivity contribution in [1.82, 2.24) is 9.78 Å². The molecule has 0 aliphatic rings. The molecule has 0 amide bonds. The molecule has 9 heteroatoms. The van der Waals surface area contributed by atoms with Crippen molar-refractivity contribution in [3.8, 4) is 0 Å². The summed E-state index contributed by atoms with van der Waals surface area (Å²) in [6.45, 7) is 0.305. The highest BCUT2D eigenvalue weighted by Gasteiger charge is 2.31. The van der Waals surface area contributed by atoms with E-state index in [1.54, 1.807) is 6.92 Å². The summed E-state index contributed by atoms with van der Waals surface area (Å²) in [6.07, 6.45) is -4.16. The minimum absolute atomic E-state index is 0.155. The third-order valence-corrected chi connectivity index (χ3v) is 2.07. The second kappa shape index (κ2) is 4.60. The third kappa shape index (κ3) is 3.08. The van der Waals surface area contributed by atoms with Gasteiger partial charge in [0.2, 0.25) is 5.82 Å². The van der Waals surface area contributed by atoms with E-state index in [-0.39, 0.29) is 17.9 Å². The Labute approximate surface area is 94.6 Å². The molecule has 1 aromatic rings. The van der Waals surface area contributed by atoms with Crippen LogP contribution in [0.25, 0.3) is 0 Å². The van der Waals surface area contributed by atoms with Crippen LogP contribution in [-0.4, -0.2) is 27.4 Å². The van der Waals surface area contributed by atoms with Gasteiger partial charge in [-0.3, -0.25) is 10.1 Å². The number of hydrogen-bond donors (Lipinski definition) is 1. The summed E-state index contributed by atoms with van der Waals surface area (Å²) in [5.74, 6) is -0.232. The summed E-state index contributed by atoms with van der Waals surface area (Å²) >= 11 is 0. The molecular weight excluding hydrogens is 241 g/mol. The maximum Gasteiger partial charge on any atom is 0.405 e. The average molecular weight is 252 g/mol. The van der Waals surface area contributed by atoms with Crippen LogP contribution in [0.15, 0.2) is 0 Å². The lowest BCUT2D eigenvalue weighted by Crippen LogP contribution is -2.22. The number of halogens is 3. The fraction of sp³-hybridized carbons (Fsp3) is 0.625. The molecule has 0 aromatic carbocycles. The highest BCUT2D eigenvalue weighted by molar-refractivity contribution is 5.59. The molecule has 0 radical (unpaired) electrons. The van der Waals surface area contributed by atoms with Gasteiger partial charge in [-0.05, 0) is 6.42 Å². The minimum atomic E-state index is -4.44. The molecule has 1 rings (SSSR count). The van der Waals surface area contributed by atoms with E-state index in [2.05, 4.69) is 5.10 Å². The van der Waals surface area contributed by atoms with Crippen molar-refractivity contribution >= 4 is 11.5 Å². The lowest BCUT2D eigenvalue weighted by Gasteiger charge is -2.08. The van der Waals surface area contributed by atoms with Gasteiger partial charge in [0.15, 0.2) is 0 Å². The molecule has 1 heterocycles. The van der Waals surface area contributed by atoms with Crippen LogP contribution < -0.4 is 5.32 Å². The number of hydrogen-bond acceptors (Lipinski definition) is 4. The fourth-order valence-electron chi connectivity index (χ4n) is 1.38. The first-order chi connectivity index (χ1) is 7.76. The quantitative estimate of drug-likeness (QED) is 0.655. The van der Waals surface area contributed by atoms with E-state index < -0.39 is 23.3 Å². The molecule has 0 saturated carbocycles. The van der Waals surface area contributed by atoms with Crippen molar-refractivity contribution in [1.29, 1.82) is 0 Å². The predicted octanol–water partition coefficient (Wildman–Crippen LogP) is 1.86. The number of nitrogens with one attached hydrogen (secondary N) is 1. The summed E-state index contributed by atoms with van der Waals surface area (Å²) in [6, 6.07) is 0. The van der Waals surface area contributed by atoms with E-state index in [0.717, 1.165) is 4.68 Å². The van der Waals surface area contributed by atoms with Crippen LogP contribution in [0, 0.1) is 10.1 Å². The molecule has 96 valence electrons. The van der Waals surface area contributed by atoms with Gasteiger partial charge in [-0.25, -0.2) is 4.68 Å². The van der Waals surface area contributed by atoms with Gasteiger partial charge in [-0.15, -0.1) is 0 Å². The average Bonchev–Trinajstić information content (AvgIpc) is 2.50. The monoisotopic (exact) mass is 252 g/mol. The summed E-state index contributed by atoms with van der Waals surface area (Å²) in [5.41, 5.74) is -0.249. The first-order valence-electron chi connectivity index (χ1n) is 4.77. The van der Waals surface area contributed by atoms with Crippen LogP contribution in [0.5, 0.6) is 0 Å². The van der Waals surface area contributed by atoms with Crippen molar-refractivity contribution < 1.29 is 18.1 Å². The Morgan fingerprint density at radius 1 is 1.53 bits per heavy atom. The number of nitro groups is 1. The highest BCUT2D eigenvalue weighted by Crippen LogP contribution is 2.29. The Morgan fingerprint density at radius 2 is 2.12 bits per heavy atom. The molecule has 0 aliphatic carbocycles. The summed E-state index contributed by atoms with van der Waals surface area (Å²) in [4.78, 5) is 10.0. The van der Waals surface area contributed by atoms with E-state index in [0.29, 0.717) is 0 Å². The number of aromatic nitrogens is 2. The zero-order chi connectivity index (χ0) is 13.2. The maximum atomic E-state index is 12.0. The Kier molecular flexibility index (Phi) is 3.59. The van der Waals surface area contributed by atoms with Crippen molar-refractivity contribution in [2.24, 2.45) is 7.05 Å². The first kappa shape index (κ1) is 13.3. The van der Waals surface area contributed by atoms with Gasteiger partial charge in [0.25, 0.3) is 0 Å². The topological polar surface area (TPSA) is 73.0 Å². The standard InChI is InChI=1S/C8H11F3N4O2/c1-3-5-6(15(16)17)7(14(2)13-5)12-4-8(9,10)11/h12H,3-4H2,1-2H3. The Morgan fingerprint density at radius 3 is 2.53 bits per heavy atom. The van der Waals surface area contributed by atoms with Crippen molar-refractivity contribution in [3.05, 3.63) is 15.8 Å². The van der Waals surface area contributed by atoms with Gasteiger partial charge in [-0.2, -0.15) is 18.3 Å². The predicted molar refractivity (Wildman–Crippen MR) is 53.8 cm³/mol. The molecule has 0 unspecified atom stereocenters. The van der Waals surface area contributed by atoms with Crippen LogP contribution in [0.2, 0.25) is 0 Å². The molecule has 0 saturated heterocycles. The van der Waals surface area contributed by atoms with Crippen LogP contribution in [-0.2, 0) is 13.5 Å². The van der Waals surface area contributed by atoms with Crippen LogP contribution in [0.4, 0.5) is 24.7 Å².